The Morgan fingerprint density at radius 3 is 2.43 bits per heavy atom. The lowest BCUT2D eigenvalue weighted by Gasteiger charge is -2.40. The Bertz CT molecular complexity index is 1230. The Hall–Kier alpha value is -2.68. The van der Waals surface area contributed by atoms with Crippen LogP contribution in [0, 0.1) is 10.1 Å². The summed E-state index contributed by atoms with van der Waals surface area (Å²) in [4.78, 5) is 12.7. The third-order valence-electron chi connectivity index (χ3n) is 5.38. The molecule has 0 spiro atoms. The van der Waals surface area contributed by atoms with Gasteiger partial charge in [-0.3, -0.25) is 10.1 Å². The molecule has 0 aliphatic carbocycles. The highest BCUT2D eigenvalue weighted by molar-refractivity contribution is 7.89. The van der Waals surface area contributed by atoms with Gasteiger partial charge in [-0.15, -0.1) is 0 Å². The number of fused-ring (bicyclic) bond motifs is 1. The highest BCUT2D eigenvalue weighted by Gasteiger charge is 2.34. The number of hydrogen-bond donors (Lipinski definition) is 0. The van der Waals surface area contributed by atoms with E-state index in [4.69, 9.17) is 11.6 Å². The summed E-state index contributed by atoms with van der Waals surface area (Å²) in [7, 11) is -3.65. The van der Waals surface area contributed by atoms with Crippen LogP contribution in [-0.2, 0) is 10.0 Å². The SMILES string of the molecule is CC1CN(c2ccc([N+](=O)[O-])cc2Cl)CCN1S(=O)(=O)c1ccc2ccccc2c1. The maximum absolute atomic E-state index is 13.3. The predicted octanol–water partition coefficient (Wildman–Crippen LogP) is 4.30. The van der Waals surface area contributed by atoms with E-state index in [1.807, 2.05) is 42.2 Å². The zero-order valence-corrected chi connectivity index (χ0v) is 17.8. The summed E-state index contributed by atoms with van der Waals surface area (Å²) in [6, 6.07) is 16.9. The lowest BCUT2D eigenvalue weighted by atomic mass is 10.1. The second-order valence-corrected chi connectivity index (χ2v) is 9.61. The first-order valence-electron chi connectivity index (χ1n) is 9.47. The number of nitro benzene ring substituents is 1. The molecule has 7 nitrogen and oxygen atoms in total. The van der Waals surface area contributed by atoms with Crippen LogP contribution < -0.4 is 4.90 Å². The van der Waals surface area contributed by atoms with Crippen LogP contribution in [0.2, 0.25) is 5.02 Å². The number of nitro groups is 1. The monoisotopic (exact) mass is 445 g/mol. The van der Waals surface area contributed by atoms with Crippen LogP contribution in [-0.4, -0.2) is 43.3 Å². The predicted molar refractivity (Wildman–Crippen MR) is 118 cm³/mol. The fourth-order valence-corrected chi connectivity index (χ4v) is 5.79. The van der Waals surface area contributed by atoms with Crippen molar-refractivity contribution in [3.05, 3.63) is 75.8 Å². The Balaban J connectivity index is 1.57. The van der Waals surface area contributed by atoms with Crippen molar-refractivity contribution < 1.29 is 13.3 Å². The van der Waals surface area contributed by atoms with Crippen LogP contribution in [0.1, 0.15) is 6.92 Å². The molecule has 1 heterocycles. The quantitative estimate of drug-likeness (QED) is 0.441. The summed E-state index contributed by atoms with van der Waals surface area (Å²) in [5.74, 6) is 0. The molecule has 0 aromatic heterocycles. The molecular formula is C21H20ClN3O4S. The van der Waals surface area contributed by atoms with Gasteiger partial charge in [-0.2, -0.15) is 4.31 Å². The number of anilines is 1. The molecule has 30 heavy (non-hydrogen) atoms. The first-order chi connectivity index (χ1) is 14.3. The third-order valence-corrected chi connectivity index (χ3v) is 7.69. The van der Waals surface area contributed by atoms with Crippen molar-refractivity contribution in [2.45, 2.75) is 17.9 Å². The lowest BCUT2D eigenvalue weighted by molar-refractivity contribution is -0.384. The number of hydrogen-bond acceptors (Lipinski definition) is 5. The average molecular weight is 446 g/mol. The van der Waals surface area contributed by atoms with Crippen molar-refractivity contribution >= 4 is 43.8 Å². The van der Waals surface area contributed by atoms with Crippen LogP contribution in [0.15, 0.2) is 65.6 Å². The first kappa shape index (κ1) is 20.6. The Morgan fingerprint density at radius 2 is 1.77 bits per heavy atom. The molecule has 0 bridgehead atoms. The number of rotatable bonds is 4. The molecule has 1 aliphatic rings. The second-order valence-electron chi connectivity index (χ2n) is 7.31. The van der Waals surface area contributed by atoms with E-state index in [1.54, 1.807) is 18.2 Å². The van der Waals surface area contributed by atoms with E-state index in [-0.39, 0.29) is 21.6 Å². The van der Waals surface area contributed by atoms with E-state index < -0.39 is 14.9 Å². The van der Waals surface area contributed by atoms with Gasteiger partial charge >= 0.3 is 0 Å². The summed E-state index contributed by atoms with van der Waals surface area (Å²) in [6.07, 6.45) is 0. The van der Waals surface area contributed by atoms with E-state index >= 15 is 0 Å². The van der Waals surface area contributed by atoms with Crippen LogP contribution >= 0.6 is 11.6 Å². The number of halogens is 1. The molecule has 1 unspecified atom stereocenters. The number of benzene rings is 3. The van der Waals surface area contributed by atoms with Gasteiger partial charge in [0.25, 0.3) is 5.69 Å². The number of sulfonamides is 1. The van der Waals surface area contributed by atoms with E-state index in [9.17, 15) is 18.5 Å². The van der Waals surface area contributed by atoms with Gasteiger partial charge in [0, 0.05) is 37.8 Å². The average Bonchev–Trinajstić information content (AvgIpc) is 2.73. The highest BCUT2D eigenvalue weighted by atomic mass is 35.5. The Kier molecular flexibility index (Phi) is 5.40. The molecule has 0 radical (unpaired) electrons. The molecule has 156 valence electrons. The van der Waals surface area contributed by atoms with Crippen molar-refractivity contribution in [1.82, 2.24) is 4.31 Å². The van der Waals surface area contributed by atoms with E-state index in [0.717, 1.165) is 10.8 Å². The zero-order valence-electron chi connectivity index (χ0n) is 16.2. The molecule has 1 atom stereocenters. The van der Waals surface area contributed by atoms with Crippen molar-refractivity contribution in [3.8, 4) is 0 Å². The normalized spacial score (nSPS) is 17.9. The van der Waals surface area contributed by atoms with Crippen molar-refractivity contribution in [3.63, 3.8) is 0 Å². The summed E-state index contributed by atoms with van der Waals surface area (Å²) < 4.78 is 28.1. The van der Waals surface area contributed by atoms with Gasteiger partial charge in [0.2, 0.25) is 10.0 Å². The van der Waals surface area contributed by atoms with Gasteiger partial charge in [-0.05, 0) is 35.9 Å². The van der Waals surface area contributed by atoms with Gasteiger partial charge in [-0.25, -0.2) is 8.42 Å². The van der Waals surface area contributed by atoms with Gasteiger partial charge in [0.15, 0.2) is 0 Å². The van der Waals surface area contributed by atoms with Crippen LogP contribution in [0.5, 0.6) is 0 Å². The van der Waals surface area contributed by atoms with Crippen LogP contribution in [0.4, 0.5) is 11.4 Å². The Labute approximate surface area is 179 Å². The van der Waals surface area contributed by atoms with E-state index in [2.05, 4.69) is 0 Å². The molecule has 9 heteroatoms. The topological polar surface area (TPSA) is 83.8 Å². The third kappa shape index (κ3) is 3.74. The van der Waals surface area contributed by atoms with Gasteiger partial charge in [0.05, 0.1) is 20.5 Å². The first-order valence-corrected chi connectivity index (χ1v) is 11.3. The minimum Gasteiger partial charge on any atom is -0.367 e. The van der Waals surface area contributed by atoms with Crippen molar-refractivity contribution in [1.29, 1.82) is 0 Å². The maximum Gasteiger partial charge on any atom is 0.271 e. The summed E-state index contributed by atoms with van der Waals surface area (Å²) in [5, 5.41) is 13.1. The fraction of sp³-hybridized carbons (Fsp3) is 0.238. The minimum atomic E-state index is -3.65. The van der Waals surface area contributed by atoms with Crippen molar-refractivity contribution in [2.75, 3.05) is 24.5 Å². The van der Waals surface area contributed by atoms with E-state index in [1.165, 1.54) is 16.4 Å². The smallest absolute Gasteiger partial charge is 0.271 e. The Morgan fingerprint density at radius 1 is 1.03 bits per heavy atom. The van der Waals surface area contributed by atoms with E-state index in [0.29, 0.717) is 25.3 Å². The maximum atomic E-state index is 13.3. The molecule has 0 N–H and O–H groups in total. The lowest BCUT2D eigenvalue weighted by Crippen LogP contribution is -2.54. The van der Waals surface area contributed by atoms with Crippen LogP contribution in [0.3, 0.4) is 0 Å². The number of piperazine rings is 1. The summed E-state index contributed by atoms with van der Waals surface area (Å²) in [6.45, 7) is 3.02. The number of nitrogens with zero attached hydrogens (tertiary/aromatic N) is 3. The molecule has 1 fully saturated rings. The fourth-order valence-electron chi connectivity index (χ4n) is 3.85. The highest BCUT2D eigenvalue weighted by Crippen LogP contribution is 2.32. The minimum absolute atomic E-state index is 0.0747. The largest absolute Gasteiger partial charge is 0.367 e. The standard InChI is InChI=1S/C21H20ClN3O4S/c1-15-14-23(21-9-7-18(25(26)27)13-20(21)22)10-11-24(15)30(28,29)19-8-6-16-4-2-3-5-17(16)12-19/h2-9,12-13,15H,10-11,14H2,1H3. The molecule has 4 rings (SSSR count). The molecule has 3 aromatic rings. The zero-order chi connectivity index (χ0) is 21.5. The summed E-state index contributed by atoms with van der Waals surface area (Å²) in [5.41, 5.74) is 0.589. The summed E-state index contributed by atoms with van der Waals surface area (Å²) >= 11 is 6.25. The molecule has 1 saturated heterocycles. The van der Waals surface area contributed by atoms with Crippen molar-refractivity contribution in [2.24, 2.45) is 0 Å². The molecular weight excluding hydrogens is 426 g/mol. The van der Waals surface area contributed by atoms with Gasteiger partial charge in [0.1, 0.15) is 0 Å². The second kappa shape index (κ2) is 7.86. The van der Waals surface area contributed by atoms with Gasteiger partial charge in [-0.1, -0.05) is 41.9 Å². The molecule has 0 amide bonds. The van der Waals surface area contributed by atoms with Crippen LogP contribution in [0.25, 0.3) is 10.8 Å². The molecule has 1 aliphatic heterocycles. The molecule has 0 saturated carbocycles. The van der Waals surface area contributed by atoms with Gasteiger partial charge < -0.3 is 4.90 Å². The number of non-ortho nitro benzene ring substituents is 1. The molecule has 3 aromatic carbocycles.